The van der Waals surface area contributed by atoms with Crippen LogP contribution in [0.5, 0.6) is 0 Å². The van der Waals surface area contributed by atoms with E-state index in [2.05, 4.69) is 4.90 Å². The lowest BCUT2D eigenvalue weighted by Crippen LogP contribution is -2.47. The second-order valence-electron chi connectivity index (χ2n) is 5.73. The van der Waals surface area contributed by atoms with Crippen LogP contribution in [0, 0.1) is 5.82 Å². The topological polar surface area (TPSA) is 43.9 Å². The molecule has 1 aromatic carbocycles. The maximum Gasteiger partial charge on any atom is 0.213 e. The van der Waals surface area contributed by atoms with E-state index in [1.165, 1.54) is 10.4 Å². The zero-order valence-corrected chi connectivity index (χ0v) is 14.0. The van der Waals surface area contributed by atoms with Gasteiger partial charge >= 0.3 is 0 Å². The van der Waals surface area contributed by atoms with Crippen molar-refractivity contribution in [3.8, 4) is 0 Å². The molecule has 0 spiro atoms. The molecule has 1 heterocycles. The van der Waals surface area contributed by atoms with Crippen molar-refractivity contribution in [2.45, 2.75) is 6.42 Å². The van der Waals surface area contributed by atoms with Crippen molar-refractivity contribution in [3.63, 3.8) is 0 Å². The third kappa shape index (κ3) is 4.41. The van der Waals surface area contributed by atoms with Crippen molar-refractivity contribution < 1.29 is 12.8 Å². The van der Waals surface area contributed by atoms with Gasteiger partial charge in [0, 0.05) is 40.3 Å². The van der Waals surface area contributed by atoms with Crippen LogP contribution in [0.3, 0.4) is 0 Å². The summed E-state index contributed by atoms with van der Waals surface area (Å²) in [5.41, 5.74) is 0.650. The smallest absolute Gasteiger partial charge is 0.213 e. The van der Waals surface area contributed by atoms with Gasteiger partial charge in [0.25, 0.3) is 0 Å². The summed E-state index contributed by atoms with van der Waals surface area (Å²) in [6.07, 6.45) is 0.625. The number of halogens is 1. The molecule has 0 atom stereocenters. The van der Waals surface area contributed by atoms with Crippen molar-refractivity contribution in [2.75, 3.05) is 57.5 Å². The van der Waals surface area contributed by atoms with Crippen molar-refractivity contribution in [2.24, 2.45) is 0 Å². The Morgan fingerprint density at radius 2 is 1.77 bits per heavy atom. The van der Waals surface area contributed by atoms with Crippen LogP contribution in [0.15, 0.2) is 24.3 Å². The van der Waals surface area contributed by atoms with E-state index in [0.717, 1.165) is 32.7 Å². The van der Waals surface area contributed by atoms with Gasteiger partial charge < -0.3 is 4.90 Å². The molecule has 22 heavy (non-hydrogen) atoms. The van der Waals surface area contributed by atoms with Crippen LogP contribution in [0.1, 0.15) is 6.42 Å². The number of nitrogens with zero attached hydrogens (tertiary/aromatic N) is 3. The second-order valence-corrected chi connectivity index (χ2v) is 8.03. The van der Waals surface area contributed by atoms with E-state index >= 15 is 0 Å². The fourth-order valence-corrected chi connectivity index (χ4v) is 3.43. The van der Waals surface area contributed by atoms with Gasteiger partial charge in [-0.15, -0.1) is 0 Å². The highest BCUT2D eigenvalue weighted by atomic mass is 32.2. The Morgan fingerprint density at radius 3 is 2.36 bits per heavy atom. The number of benzene rings is 1. The SMILES string of the molecule is CN(C)S(=O)(=O)CCCN1CCN(c2ccccc2F)CC1. The Labute approximate surface area is 132 Å². The molecule has 1 fully saturated rings. The number of hydrogen-bond donors (Lipinski definition) is 0. The normalized spacial score (nSPS) is 17.2. The lowest BCUT2D eigenvalue weighted by molar-refractivity contribution is 0.258. The van der Waals surface area contributed by atoms with Crippen molar-refractivity contribution in [1.29, 1.82) is 0 Å². The second kappa shape index (κ2) is 7.39. The van der Waals surface area contributed by atoms with Crippen LogP contribution >= 0.6 is 0 Å². The molecular weight excluding hydrogens is 305 g/mol. The molecule has 1 aliphatic rings. The Hall–Kier alpha value is -1.18. The fourth-order valence-electron chi connectivity index (χ4n) is 2.57. The minimum absolute atomic E-state index is 0.174. The summed E-state index contributed by atoms with van der Waals surface area (Å²) in [6.45, 7) is 3.95. The zero-order valence-electron chi connectivity index (χ0n) is 13.2. The molecule has 0 saturated carbocycles. The Kier molecular flexibility index (Phi) is 5.77. The summed E-state index contributed by atoms with van der Waals surface area (Å²) in [4.78, 5) is 4.28. The van der Waals surface area contributed by atoms with Gasteiger partial charge in [0.1, 0.15) is 5.82 Å². The molecule has 7 heteroatoms. The summed E-state index contributed by atoms with van der Waals surface area (Å²) in [6, 6.07) is 6.82. The monoisotopic (exact) mass is 329 g/mol. The van der Waals surface area contributed by atoms with Crippen LogP contribution < -0.4 is 4.90 Å². The highest BCUT2D eigenvalue weighted by molar-refractivity contribution is 7.89. The molecule has 124 valence electrons. The third-order valence-corrected chi connectivity index (χ3v) is 5.92. The van der Waals surface area contributed by atoms with E-state index in [1.807, 2.05) is 11.0 Å². The van der Waals surface area contributed by atoms with Gasteiger partial charge in [-0.3, -0.25) is 4.90 Å². The summed E-state index contributed by atoms with van der Waals surface area (Å²) < 4.78 is 38.4. The summed E-state index contributed by atoms with van der Waals surface area (Å²) in [5.74, 6) is -0.0129. The number of anilines is 1. The van der Waals surface area contributed by atoms with E-state index in [0.29, 0.717) is 12.1 Å². The van der Waals surface area contributed by atoms with Crippen LogP contribution in [0.4, 0.5) is 10.1 Å². The lowest BCUT2D eigenvalue weighted by atomic mass is 10.2. The summed E-state index contributed by atoms with van der Waals surface area (Å²) >= 11 is 0. The van der Waals surface area contributed by atoms with Gasteiger partial charge in [-0.25, -0.2) is 17.1 Å². The molecule has 1 aliphatic heterocycles. The maximum absolute atomic E-state index is 13.8. The molecule has 1 saturated heterocycles. The first-order valence-electron chi connectivity index (χ1n) is 7.52. The predicted octanol–water partition coefficient (Wildman–Crippen LogP) is 1.23. The number of hydrogen-bond acceptors (Lipinski definition) is 4. The quantitative estimate of drug-likeness (QED) is 0.787. The van der Waals surface area contributed by atoms with E-state index < -0.39 is 10.0 Å². The number of rotatable bonds is 6. The number of para-hydroxylation sites is 1. The minimum atomic E-state index is -3.11. The van der Waals surface area contributed by atoms with Crippen molar-refractivity contribution >= 4 is 15.7 Å². The predicted molar refractivity (Wildman–Crippen MR) is 87.1 cm³/mol. The first kappa shape index (κ1) is 17.2. The Morgan fingerprint density at radius 1 is 1.14 bits per heavy atom. The van der Waals surface area contributed by atoms with E-state index in [9.17, 15) is 12.8 Å². The molecule has 0 bridgehead atoms. The lowest BCUT2D eigenvalue weighted by Gasteiger charge is -2.36. The maximum atomic E-state index is 13.8. The van der Waals surface area contributed by atoms with E-state index in [-0.39, 0.29) is 11.6 Å². The molecule has 1 aromatic rings. The van der Waals surface area contributed by atoms with Gasteiger partial charge in [0.05, 0.1) is 11.4 Å². The third-order valence-electron chi connectivity index (χ3n) is 4.00. The van der Waals surface area contributed by atoms with Gasteiger partial charge in [-0.2, -0.15) is 0 Å². The molecule has 0 N–H and O–H groups in total. The van der Waals surface area contributed by atoms with Crippen LogP contribution in [-0.2, 0) is 10.0 Å². The average Bonchev–Trinajstić information content (AvgIpc) is 2.48. The van der Waals surface area contributed by atoms with Crippen LogP contribution in [0.25, 0.3) is 0 Å². The highest BCUT2D eigenvalue weighted by Crippen LogP contribution is 2.20. The number of piperazine rings is 1. The van der Waals surface area contributed by atoms with Gasteiger partial charge in [0.15, 0.2) is 0 Å². The van der Waals surface area contributed by atoms with Gasteiger partial charge in [0.2, 0.25) is 10.0 Å². The molecule has 0 aliphatic carbocycles. The van der Waals surface area contributed by atoms with Crippen LogP contribution in [0.2, 0.25) is 0 Å². The molecule has 0 unspecified atom stereocenters. The molecule has 0 radical (unpaired) electrons. The molecule has 0 aromatic heterocycles. The molecule has 5 nitrogen and oxygen atoms in total. The van der Waals surface area contributed by atoms with E-state index in [4.69, 9.17) is 0 Å². The highest BCUT2D eigenvalue weighted by Gasteiger charge is 2.20. The van der Waals surface area contributed by atoms with Gasteiger partial charge in [-0.1, -0.05) is 12.1 Å². The first-order chi connectivity index (χ1) is 10.4. The van der Waals surface area contributed by atoms with E-state index in [1.54, 1.807) is 26.2 Å². The molecule has 2 rings (SSSR count). The Bertz CT molecular complexity index is 584. The van der Waals surface area contributed by atoms with Crippen molar-refractivity contribution in [3.05, 3.63) is 30.1 Å². The average molecular weight is 329 g/mol. The number of sulfonamides is 1. The van der Waals surface area contributed by atoms with Crippen molar-refractivity contribution in [1.82, 2.24) is 9.21 Å². The molecule has 0 amide bonds. The summed E-state index contributed by atoms with van der Waals surface area (Å²) in [5, 5.41) is 0. The Balaban J connectivity index is 1.77. The zero-order chi connectivity index (χ0) is 16.2. The summed E-state index contributed by atoms with van der Waals surface area (Å²) in [7, 11) is 0.00437. The largest absolute Gasteiger partial charge is 0.367 e. The first-order valence-corrected chi connectivity index (χ1v) is 9.13. The standard InChI is InChI=1S/C15H24FN3O2S/c1-17(2)22(20,21)13-5-8-18-9-11-19(12-10-18)15-7-4-3-6-14(15)16/h3-4,6-7H,5,8-13H2,1-2H3. The fraction of sp³-hybridized carbons (Fsp3) is 0.600. The van der Waals surface area contributed by atoms with Crippen LogP contribution in [-0.4, -0.2) is 70.2 Å². The minimum Gasteiger partial charge on any atom is -0.367 e. The van der Waals surface area contributed by atoms with Gasteiger partial charge in [-0.05, 0) is 25.1 Å². The molecular formula is C15H24FN3O2S.